The molecular formula is C25H23N3O2. The number of hydrogen-bond acceptors (Lipinski definition) is 4. The molecule has 0 radical (unpaired) electrons. The van der Waals surface area contributed by atoms with E-state index >= 15 is 0 Å². The summed E-state index contributed by atoms with van der Waals surface area (Å²) in [6.07, 6.45) is 2.20. The number of nitrogens with zero attached hydrogens (tertiary/aromatic N) is 2. The van der Waals surface area contributed by atoms with Gasteiger partial charge in [0.15, 0.2) is 0 Å². The molecule has 30 heavy (non-hydrogen) atoms. The van der Waals surface area contributed by atoms with Crippen LogP contribution in [0.1, 0.15) is 11.1 Å². The second kappa shape index (κ2) is 10.5. The normalized spacial score (nSPS) is 10.8. The van der Waals surface area contributed by atoms with Crippen LogP contribution >= 0.6 is 0 Å². The Labute approximate surface area is 176 Å². The zero-order chi connectivity index (χ0) is 21.2. The second-order valence-electron chi connectivity index (χ2n) is 6.78. The topological polar surface area (TPSA) is 76.4 Å². The van der Waals surface area contributed by atoms with Crippen molar-refractivity contribution in [3.8, 4) is 11.8 Å². The number of carbonyl (C=O) groups is 1. The molecule has 0 spiro atoms. The first-order valence-corrected chi connectivity index (χ1v) is 9.69. The van der Waals surface area contributed by atoms with Crippen molar-refractivity contribution in [2.75, 3.05) is 11.4 Å². The van der Waals surface area contributed by atoms with Gasteiger partial charge in [-0.15, -0.1) is 0 Å². The summed E-state index contributed by atoms with van der Waals surface area (Å²) in [6, 6.07) is 28.4. The zero-order valence-electron chi connectivity index (χ0n) is 16.5. The first kappa shape index (κ1) is 20.7. The smallest absolute Gasteiger partial charge is 0.263 e. The highest BCUT2D eigenvalue weighted by molar-refractivity contribution is 5.97. The number of nitriles is 1. The number of phenols is 1. The van der Waals surface area contributed by atoms with E-state index < -0.39 is 5.91 Å². The fourth-order valence-electron chi connectivity index (χ4n) is 2.98. The van der Waals surface area contributed by atoms with Crippen LogP contribution in [0.4, 0.5) is 5.69 Å². The van der Waals surface area contributed by atoms with Gasteiger partial charge in [-0.3, -0.25) is 4.79 Å². The summed E-state index contributed by atoms with van der Waals surface area (Å²) in [5.74, 6) is -0.206. The van der Waals surface area contributed by atoms with Crippen molar-refractivity contribution in [2.45, 2.75) is 13.0 Å². The van der Waals surface area contributed by atoms with E-state index in [1.807, 2.05) is 71.6 Å². The number of phenolic OH excluding ortho intramolecular Hbond substituents is 1. The molecule has 3 rings (SSSR count). The monoisotopic (exact) mass is 397 g/mol. The van der Waals surface area contributed by atoms with Crippen molar-refractivity contribution in [3.63, 3.8) is 0 Å². The lowest BCUT2D eigenvalue weighted by atomic mass is 10.1. The van der Waals surface area contributed by atoms with E-state index in [9.17, 15) is 15.2 Å². The Balaban J connectivity index is 1.71. The Bertz CT molecular complexity index is 1020. The number of hydrogen-bond donors (Lipinski definition) is 2. The van der Waals surface area contributed by atoms with Gasteiger partial charge >= 0.3 is 0 Å². The Hall–Kier alpha value is -4.04. The first-order valence-electron chi connectivity index (χ1n) is 9.69. The number of nitrogens with one attached hydrogen (secondary N) is 1. The maximum absolute atomic E-state index is 12.6. The SMILES string of the molecule is N#C/C(=C/N(Cc1ccccc1)c1ccccc1)C(=O)NCCc1ccc(O)cc1. The van der Waals surface area contributed by atoms with Crippen LogP contribution in [0.3, 0.4) is 0 Å². The molecular weight excluding hydrogens is 374 g/mol. The Morgan fingerprint density at radius 3 is 2.20 bits per heavy atom. The molecule has 0 fully saturated rings. The van der Waals surface area contributed by atoms with Gasteiger partial charge in [-0.2, -0.15) is 5.26 Å². The molecule has 0 atom stereocenters. The van der Waals surface area contributed by atoms with Crippen LogP contribution in [0.25, 0.3) is 0 Å². The predicted octanol–water partition coefficient (Wildman–Crippen LogP) is 4.17. The number of benzene rings is 3. The van der Waals surface area contributed by atoms with Crippen molar-refractivity contribution < 1.29 is 9.90 Å². The molecule has 0 aliphatic rings. The zero-order valence-corrected chi connectivity index (χ0v) is 16.5. The molecule has 0 unspecified atom stereocenters. The van der Waals surface area contributed by atoms with E-state index in [2.05, 4.69) is 5.32 Å². The van der Waals surface area contributed by atoms with Crippen LogP contribution in [-0.2, 0) is 17.8 Å². The number of para-hydroxylation sites is 1. The summed E-state index contributed by atoms with van der Waals surface area (Å²) >= 11 is 0. The minimum atomic E-state index is -0.412. The minimum absolute atomic E-state index is 0.0421. The first-order chi connectivity index (χ1) is 14.7. The van der Waals surface area contributed by atoms with Gasteiger partial charge in [-0.05, 0) is 41.8 Å². The quantitative estimate of drug-likeness (QED) is 0.442. The molecule has 2 N–H and O–H groups in total. The van der Waals surface area contributed by atoms with E-state index in [0.717, 1.165) is 16.8 Å². The van der Waals surface area contributed by atoms with Crippen LogP contribution in [0.5, 0.6) is 5.75 Å². The molecule has 0 aliphatic heterocycles. The number of rotatable bonds is 8. The number of amides is 1. The van der Waals surface area contributed by atoms with Gasteiger partial charge in [-0.25, -0.2) is 0 Å². The third-order valence-electron chi connectivity index (χ3n) is 4.57. The van der Waals surface area contributed by atoms with E-state index in [-0.39, 0.29) is 11.3 Å². The highest BCUT2D eigenvalue weighted by atomic mass is 16.3. The molecule has 0 aromatic heterocycles. The van der Waals surface area contributed by atoms with Gasteiger partial charge in [0, 0.05) is 25.0 Å². The Kier molecular flexibility index (Phi) is 7.23. The van der Waals surface area contributed by atoms with Crippen molar-refractivity contribution >= 4 is 11.6 Å². The van der Waals surface area contributed by atoms with Gasteiger partial charge in [0.25, 0.3) is 5.91 Å². The van der Waals surface area contributed by atoms with E-state index in [0.29, 0.717) is 19.5 Å². The van der Waals surface area contributed by atoms with Gasteiger partial charge in [0.05, 0.1) is 0 Å². The predicted molar refractivity (Wildman–Crippen MR) is 118 cm³/mol. The third kappa shape index (κ3) is 5.98. The largest absolute Gasteiger partial charge is 0.508 e. The molecule has 0 saturated carbocycles. The molecule has 0 bridgehead atoms. The second-order valence-corrected chi connectivity index (χ2v) is 6.78. The summed E-state index contributed by atoms with van der Waals surface area (Å²) < 4.78 is 0. The third-order valence-corrected chi connectivity index (χ3v) is 4.57. The standard InChI is InChI=1S/C25H23N3O2/c26-17-22(25(30)27-16-15-20-11-13-24(29)14-12-20)19-28(23-9-5-2-6-10-23)18-21-7-3-1-4-8-21/h1-14,19,29H,15-16,18H2,(H,27,30)/b22-19-. The van der Waals surface area contributed by atoms with Gasteiger partial charge in [0.1, 0.15) is 17.4 Å². The average Bonchev–Trinajstić information content (AvgIpc) is 2.79. The van der Waals surface area contributed by atoms with Gasteiger partial charge < -0.3 is 15.3 Å². The molecule has 0 aliphatic carbocycles. The van der Waals surface area contributed by atoms with Crippen LogP contribution in [0.15, 0.2) is 96.7 Å². The lowest BCUT2D eigenvalue weighted by molar-refractivity contribution is -0.117. The van der Waals surface area contributed by atoms with Crippen molar-refractivity contribution in [3.05, 3.63) is 108 Å². The summed E-state index contributed by atoms with van der Waals surface area (Å²) in [7, 11) is 0. The van der Waals surface area contributed by atoms with Crippen molar-refractivity contribution in [1.82, 2.24) is 5.32 Å². The Morgan fingerprint density at radius 2 is 1.57 bits per heavy atom. The molecule has 0 heterocycles. The van der Waals surface area contributed by atoms with Gasteiger partial charge in [0.2, 0.25) is 0 Å². The molecule has 5 nitrogen and oxygen atoms in total. The summed E-state index contributed by atoms with van der Waals surface area (Å²) in [4.78, 5) is 14.5. The molecule has 5 heteroatoms. The summed E-state index contributed by atoms with van der Waals surface area (Å²) in [5, 5.41) is 21.7. The van der Waals surface area contributed by atoms with Crippen LogP contribution in [0, 0.1) is 11.3 Å². The number of anilines is 1. The van der Waals surface area contributed by atoms with Gasteiger partial charge in [-0.1, -0.05) is 60.7 Å². The van der Waals surface area contributed by atoms with Crippen molar-refractivity contribution in [2.24, 2.45) is 0 Å². The summed E-state index contributed by atoms with van der Waals surface area (Å²) in [6.45, 7) is 0.934. The molecule has 1 amide bonds. The highest BCUT2D eigenvalue weighted by Crippen LogP contribution is 2.18. The number of aromatic hydroxyl groups is 1. The maximum Gasteiger partial charge on any atom is 0.263 e. The minimum Gasteiger partial charge on any atom is -0.508 e. The van der Waals surface area contributed by atoms with E-state index in [1.54, 1.807) is 30.5 Å². The fraction of sp³-hybridized carbons (Fsp3) is 0.120. The molecule has 0 saturated heterocycles. The van der Waals surface area contributed by atoms with E-state index in [1.165, 1.54) is 0 Å². The van der Waals surface area contributed by atoms with Crippen molar-refractivity contribution in [1.29, 1.82) is 5.26 Å². The fourth-order valence-corrected chi connectivity index (χ4v) is 2.98. The van der Waals surface area contributed by atoms with Crippen LogP contribution < -0.4 is 10.2 Å². The molecule has 150 valence electrons. The lowest BCUT2D eigenvalue weighted by Crippen LogP contribution is -2.28. The Morgan fingerprint density at radius 1 is 0.933 bits per heavy atom. The average molecular weight is 397 g/mol. The summed E-state index contributed by atoms with van der Waals surface area (Å²) in [5.41, 5.74) is 3.00. The molecule has 3 aromatic carbocycles. The number of carbonyl (C=O) groups excluding carboxylic acids is 1. The van der Waals surface area contributed by atoms with E-state index in [4.69, 9.17) is 0 Å². The lowest BCUT2D eigenvalue weighted by Gasteiger charge is -2.21. The molecule has 3 aromatic rings. The highest BCUT2D eigenvalue weighted by Gasteiger charge is 2.13. The van der Waals surface area contributed by atoms with Crippen LogP contribution in [0.2, 0.25) is 0 Å². The maximum atomic E-state index is 12.6. The van der Waals surface area contributed by atoms with Crippen LogP contribution in [-0.4, -0.2) is 17.6 Å².